The van der Waals surface area contributed by atoms with Gasteiger partial charge in [0, 0.05) is 23.2 Å². The molecule has 0 atom stereocenters. The van der Waals surface area contributed by atoms with Crippen LogP contribution in [0.4, 0.5) is 27.4 Å². The van der Waals surface area contributed by atoms with Gasteiger partial charge in [-0.1, -0.05) is 54.6 Å². The molecule has 0 fully saturated rings. The third-order valence-electron chi connectivity index (χ3n) is 7.10. The molecule has 0 aliphatic heterocycles. The highest BCUT2D eigenvalue weighted by Crippen LogP contribution is 2.45. The van der Waals surface area contributed by atoms with Crippen LogP contribution in [0.3, 0.4) is 0 Å². The molecule has 244 valence electrons. The topological polar surface area (TPSA) is 136 Å². The molecule has 48 heavy (non-hydrogen) atoms. The van der Waals surface area contributed by atoms with Crippen LogP contribution in [0.5, 0.6) is 11.5 Å². The Morgan fingerprint density at radius 1 is 0.917 bits per heavy atom. The van der Waals surface area contributed by atoms with Gasteiger partial charge in [0.2, 0.25) is 17.8 Å². The fourth-order valence-electron chi connectivity index (χ4n) is 4.80. The number of rotatable bonds is 11. The number of pyridine rings is 1. The molecule has 5 rings (SSSR count). The summed E-state index contributed by atoms with van der Waals surface area (Å²) in [5.41, 5.74) is 1.05. The molecule has 0 bridgehead atoms. The first-order valence-corrected chi connectivity index (χ1v) is 14.9. The Morgan fingerprint density at radius 3 is 2.15 bits per heavy atom. The van der Waals surface area contributed by atoms with Gasteiger partial charge in [-0.3, -0.25) is 19.0 Å². The predicted molar refractivity (Wildman–Crippen MR) is 185 cm³/mol. The molecule has 2 heterocycles. The van der Waals surface area contributed by atoms with Crippen LogP contribution in [0.1, 0.15) is 5.56 Å². The fraction of sp³-hybridized carbons (Fsp3) is 0.0882. The standard InChI is InChI=1S/C34H27Cl2FN6O5/c1-5-27(44)39-22-12-11-18(13-21(22)37)17-43-32-19(14-20(33(43)46)29-30(35)25(47-3)15-26(48-4)31(29)36)16-38-34(42-32)41-24-10-8-7-9-23(24)40-28(45)6-2/h5-16H,1-2,17H2,3-4H3,(H,39,44)(H,40,45)(H,38,41,42). The number of carbonyl (C=O) groups excluding carboxylic acids is 2. The van der Waals surface area contributed by atoms with Crippen molar-refractivity contribution in [3.8, 4) is 22.6 Å². The van der Waals surface area contributed by atoms with Crippen molar-refractivity contribution in [1.82, 2.24) is 14.5 Å². The summed E-state index contributed by atoms with van der Waals surface area (Å²) in [4.78, 5) is 47.2. The minimum absolute atomic E-state index is 0.0623. The van der Waals surface area contributed by atoms with Crippen LogP contribution in [0.25, 0.3) is 22.2 Å². The van der Waals surface area contributed by atoms with Crippen molar-refractivity contribution in [2.24, 2.45) is 0 Å². The largest absolute Gasteiger partial charge is 0.495 e. The Labute approximate surface area is 283 Å². The Hall–Kier alpha value is -5.72. The first kappa shape index (κ1) is 33.6. The molecule has 0 saturated carbocycles. The minimum atomic E-state index is -0.727. The van der Waals surface area contributed by atoms with Crippen molar-refractivity contribution < 1.29 is 23.5 Å². The average Bonchev–Trinajstić information content (AvgIpc) is 3.08. The third-order valence-corrected chi connectivity index (χ3v) is 7.85. The van der Waals surface area contributed by atoms with Crippen molar-refractivity contribution in [1.29, 1.82) is 0 Å². The van der Waals surface area contributed by atoms with Gasteiger partial charge in [0.15, 0.2) is 0 Å². The van der Waals surface area contributed by atoms with E-state index in [9.17, 15) is 14.4 Å². The third kappa shape index (κ3) is 6.85. The Balaban J connectivity index is 1.70. The van der Waals surface area contributed by atoms with Crippen LogP contribution in [-0.2, 0) is 16.1 Å². The number of anilines is 4. The quantitative estimate of drug-likeness (QED) is 0.127. The van der Waals surface area contributed by atoms with Crippen molar-refractivity contribution in [3.05, 3.63) is 118 Å². The van der Waals surface area contributed by atoms with E-state index in [0.29, 0.717) is 22.3 Å². The molecule has 0 unspecified atom stereocenters. The van der Waals surface area contributed by atoms with E-state index in [1.54, 1.807) is 30.3 Å². The van der Waals surface area contributed by atoms with Gasteiger partial charge in [-0.05, 0) is 48.0 Å². The Bertz CT molecular complexity index is 2140. The van der Waals surface area contributed by atoms with Crippen LogP contribution in [-0.4, -0.2) is 40.6 Å². The maximum Gasteiger partial charge on any atom is 0.260 e. The number of para-hydroxylation sites is 2. The number of aromatic nitrogens is 3. The monoisotopic (exact) mass is 688 g/mol. The van der Waals surface area contributed by atoms with Crippen molar-refractivity contribution in [3.63, 3.8) is 0 Å². The van der Waals surface area contributed by atoms with Crippen molar-refractivity contribution in [2.45, 2.75) is 6.54 Å². The number of carbonyl (C=O) groups is 2. The number of hydrogen-bond acceptors (Lipinski definition) is 8. The fourth-order valence-corrected chi connectivity index (χ4v) is 5.50. The Kier molecular flexibility index (Phi) is 10.1. The van der Waals surface area contributed by atoms with Gasteiger partial charge in [0.25, 0.3) is 5.56 Å². The van der Waals surface area contributed by atoms with E-state index >= 15 is 4.39 Å². The summed E-state index contributed by atoms with van der Waals surface area (Å²) in [6.45, 7) is 6.69. The van der Waals surface area contributed by atoms with E-state index in [2.05, 4.69) is 39.1 Å². The maximum atomic E-state index is 15.1. The number of halogens is 3. The Morgan fingerprint density at radius 2 is 1.54 bits per heavy atom. The zero-order chi connectivity index (χ0) is 34.5. The lowest BCUT2D eigenvalue weighted by atomic mass is 10.0. The number of fused-ring (bicyclic) bond motifs is 1. The van der Waals surface area contributed by atoms with E-state index in [1.807, 2.05) is 0 Å². The number of methoxy groups -OCH3 is 2. The molecule has 11 nitrogen and oxygen atoms in total. The van der Waals surface area contributed by atoms with Gasteiger partial charge >= 0.3 is 0 Å². The van der Waals surface area contributed by atoms with E-state index in [0.717, 1.165) is 12.2 Å². The zero-order valence-corrected chi connectivity index (χ0v) is 27.1. The zero-order valence-electron chi connectivity index (χ0n) is 25.6. The van der Waals surface area contributed by atoms with Crippen LogP contribution >= 0.6 is 23.2 Å². The second-order valence-electron chi connectivity index (χ2n) is 10.1. The lowest BCUT2D eigenvalue weighted by Gasteiger charge is -2.18. The molecule has 5 aromatic rings. The van der Waals surface area contributed by atoms with Gasteiger partial charge < -0.3 is 25.4 Å². The first-order valence-electron chi connectivity index (χ1n) is 14.1. The SMILES string of the molecule is C=CC(=O)Nc1ccc(Cn2c(=O)c(-c3c(Cl)c(OC)cc(OC)c3Cl)cc3cnc(Nc4ccccc4NC(=O)C=C)nc32)cc1F. The normalized spacial score (nSPS) is 10.7. The van der Waals surface area contributed by atoms with Crippen molar-refractivity contribution in [2.75, 3.05) is 30.2 Å². The van der Waals surface area contributed by atoms with Gasteiger partial charge in [0.05, 0.1) is 53.4 Å². The summed E-state index contributed by atoms with van der Waals surface area (Å²) in [6.07, 6.45) is 3.65. The summed E-state index contributed by atoms with van der Waals surface area (Å²) in [7, 11) is 2.83. The lowest BCUT2D eigenvalue weighted by Crippen LogP contribution is -2.24. The first-order chi connectivity index (χ1) is 23.1. The van der Waals surface area contributed by atoms with E-state index < -0.39 is 23.2 Å². The van der Waals surface area contributed by atoms with Crippen LogP contribution < -0.4 is 31.0 Å². The summed E-state index contributed by atoms with van der Waals surface area (Å²) in [6, 6.07) is 14.0. The molecule has 2 aromatic heterocycles. The highest BCUT2D eigenvalue weighted by atomic mass is 35.5. The summed E-state index contributed by atoms with van der Waals surface area (Å²) < 4.78 is 27.2. The smallest absolute Gasteiger partial charge is 0.260 e. The molecule has 0 aliphatic carbocycles. The molecular weight excluding hydrogens is 662 g/mol. The minimum Gasteiger partial charge on any atom is -0.495 e. The molecule has 2 amide bonds. The van der Waals surface area contributed by atoms with Crippen LogP contribution in [0, 0.1) is 5.82 Å². The van der Waals surface area contributed by atoms with Gasteiger partial charge in [-0.25, -0.2) is 9.37 Å². The molecule has 0 aliphatic rings. The highest BCUT2D eigenvalue weighted by Gasteiger charge is 2.24. The molecule has 3 N–H and O–H groups in total. The summed E-state index contributed by atoms with van der Waals surface area (Å²) in [5.74, 6) is -1.20. The number of hydrogen-bond donors (Lipinski definition) is 3. The lowest BCUT2D eigenvalue weighted by molar-refractivity contribution is -0.112. The molecule has 0 radical (unpaired) electrons. The second kappa shape index (κ2) is 14.4. The molecule has 0 spiro atoms. The molecular formula is C34H27Cl2FN6O5. The summed E-state index contributed by atoms with van der Waals surface area (Å²) in [5, 5.41) is 8.71. The van der Waals surface area contributed by atoms with E-state index in [-0.39, 0.29) is 56.5 Å². The van der Waals surface area contributed by atoms with Crippen molar-refractivity contribution >= 4 is 69.1 Å². The number of ether oxygens (including phenoxy) is 2. The number of nitrogens with zero attached hydrogens (tertiary/aromatic N) is 3. The predicted octanol–water partition coefficient (Wildman–Crippen LogP) is 6.96. The average molecular weight is 690 g/mol. The van der Waals surface area contributed by atoms with Gasteiger partial charge in [0.1, 0.15) is 23.0 Å². The summed E-state index contributed by atoms with van der Waals surface area (Å²) >= 11 is 13.4. The van der Waals surface area contributed by atoms with Gasteiger partial charge in [-0.2, -0.15) is 4.98 Å². The highest BCUT2D eigenvalue weighted by molar-refractivity contribution is 6.41. The van der Waals surface area contributed by atoms with E-state index in [1.165, 1.54) is 49.2 Å². The number of benzene rings is 3. The second-order valence-corrected chi connectivity index (χ2v) is 10.8. The molecule has 14 heteroatoms. The van der Waals surface area contributed by atoms with Crippen LogP contribution in [0.2, 0.25) is 10.0 Å². The van der Waals surface area contributed by atoms with Crippen LogP contribution in [0.15, 0.2) is 90.9 Å². The maximum absolute atomic E-state index is 15.1. The van der Waals surface area contributed by atoms with E-state index in [4.69, 9.17) is 32.7 Å². The van der Waals surface area contributed by atoms with Gasteiger partial charge in [-0.15, -0.1) is 0 Å². The number of nitrogens with one attached hydrogen (secondary N) is 3. The molecule has 0 saturated heterocycles. The molecule has 3 aromatic carbocycles. The number of amides is 2.